The van der Waals surface area contributed by atoms with Gasteiger partial charge in [0.2, 0.25) is 5.91 Å². The number of amides is 2. The molecule has 0 unspecified atom stereocenters. The molecule has 0 saturated heterocycles. The third-order valence-corrected chi connectivity index (χ3v) is 2.68. The van der Waals surface area contributed by atoms with Crippen LogP contribution >= 0.6 is 0 Å². The molecule has 0 saturated carbocycles. The van der Waals surface area contributed by atoms with Gasteiger partial charge in [-0.1, -0.05) is 26.0 Å². The van der Waals surface area contributed by atoms with Crippen molar-refractivity contribution in [2.45, 2.75) is 20.4 Å². The Morgan fingerprint density at radius 1 is 1.14 bits per heavy atom. The van der Waals surface area contributed by atoms with Crippen LogP contribution < -0.4 is 21.1 Å². The van der Waals surface area contributed by atoms with Crippen molar-refractivity contribution in [3.63, 3.8) is 0 Å². The summed E-state index contributed by atoms with van der Waals surface area (Å²) in [6.07, 6.45) is 0. The number of carbonyl (C=O) groups is 2. The number of rotatable bonds is 8. The van der Waals surface area contributed by atoms with Crippen LogP contribution in [0.25, 0.3) is 0 Å². The van der Waals surface area contributed by atoms with Crippen LogP contribution in [0, 0.1) is 5.92 Å². The van der Waals surface area contributed by atoms with Gasteiger partial charge in [-0.3, -0.25) is 9.59 Å². The highest BCUT2D eigenvalue weighted by Gasteiger charge is 2.06. The molecule has 0 aliphatic rings. The average molecular weight is 293 g/mol. The van der Waals surface area contributed by atoms with Crippen LogP contribution in [0.15, 0.2) is 24.3 Å². The number of nitrogens with one attached hydrogen (secondary N) is 2. The van der Waals surface area contributed by atoms with Gasteiger partial charge in [0.15, 0.2) is 6.61 Å². The summed E-state index contributed by atoms with van der Waals surface area (Å²) >= 11 is 0. The predicted octanol–water partition coefficient (Wildman–Crippen LogP) is 0.413. The van der Waals surface area contributed by atoms with E-state index in [2.05, 4.69) is 10.6 Å². The quantitative estimate of drug-likeness (QED) is 0.647. The van der Waals surface area contributed by atoms with Gasteiger partial charge in [0.05, 0.1) is 6.54 Å². The summed E-state index contributed by atoms with van der Waals surface area (Å²) < 4.78 is 5.31. The number of nitrogens with two attached hydrogens (primary N) is 1. The van der Waals surface area contributed by atoms with Crippen LogP contribution in [0.3, 0.4) is 0 Å². The van der Waals surface area contributed by atoms with Gasteiger partial charge in [-0.15, -0.1) is 0 Å². The van der Waals surface area contributed by atoms with Gasteiger partial charge in [0.25, 0.3) is 5.91 Å². The monoisotopic (exact) mass is 293 g/mol. The summed E-state index contributed by atoms with van der Waals surface area (Å²) in [6.45, 7) is 4.90. The molecule has 4 N–H and O–H groups in total. The third kappa shape index (κ3) is 7.31. The molecule has 1 aromatic rings. The third-order valence-electron chi connectivity index (χ3n) is 2.68. The van der Waals surface area contributed by atoms with Gasteiger partial charge in [0.1, 0.15) is 5.75 Å². The number of hydrogen-bond acceptors (Lipinski definition) is 4. The molecule has 0 aromatic heterocycles. The molecule has 6 heteroatoms. The summed E-state index contributed by atoms with van der Waals surface area (Å²) in [6, 6.07) is 7.19. The highest BCUT2D eigenvalue weighted by molar-refractivity contribution is 5.85. The molecule has 0 aliphatic carbocycles. The minimum Gasteiger partial charge on any atom is -0.484 e. The van der Waals surface area contributed by atoms with Crippen molar-refractivity contribution in [3.8, 4) is 5.75 Å². The van der Waals surface area contributed by atoms with Crippen LogP contribution in [0.2, 0.25) is 0 Å². The zero-order valence-electron chi connectivity index (χ0n) is 12.5. The van der Waals surface area contributed by atoms with Gasteiger partial charge in [-0.05, 0) is 23.6 Å². The maximum absolute atomic E-state index is 11.5. The van der Waals surface area contributed by atoms with E-state index in [9.17, 15) is 9.59 Å². The SMILES string of the molecule is CC(C)CNC(=O)CNC(=O)COc1ccc(CN)cc1. The molecule has 0 atom stereocenters. The number of ether oxygens (including phenoxy) is 1. The Balaban J connectivity index is 2.22. The Kier molecular flexibility index (Phi) is 7.25. The second-order valence-electron chi connectivity index (χ2n) is 5.11. The zero-order valence-corrected chi connectivity index (χ0v) is 12.5. The number of hydrogen-bond donors (Lipinski definition) is 3. The molecule has 1 rings (SSSR count). The highest BCUT2D eigenvalue weighted by Crippen LogP contribution is 2.11. The Labute approximate surface area is 125 Å². The van der Waals surface area contributed by atoms with Gasteiger partial charge in [-0.25, -0.2) is 0 Å². The summed E-state index contributed by atoms with van der Waals surface area (Å²) in [5.74, 6) is 0.429. The van der Waals surface area contributed by atoms with E-state index < -0.39 is 0 Å². The fraction of sp³-hybridized carbons (Fsp3) is 0.467. The van der Waals surface area contributed by atoms with Crippen molar-refractivity contribution in [3.05, 3.63) is 29.8 Å². The van der Waals surface area contributed by atoms with Gasteiger partial charge >= 0.3 is 0 Å². The first-order chi connectivity index (χ1) is 10.0. The Morgan fingerprint density at radius 2 is 1.81 bits per heavy atom. The van der Waals surface area contributed by atoms with E-state index in [-0.39, 0.29) is 25.0 Å². The molecule has 0 heterocycles. The molecule has 6 nitrogen and oxygen atoms in total. The Morgan fingerprint density at radius 3 is 2.38 bits per heavy atom. The smallest absolute Gasteiger partial charge is 0.258 e. The molecule has 0 fully saturated rings. The van der Waals surface area contributed by atoms with Crippen molar-refractivity contribution < 1.29 is 14.3 Å². The van der Waals surface area contributed by atoms with Gasteiger partial charge in [-0.2, -0.15) is 0 Å². The molecular weight excluding hydrogens is 270 g/mol. The summed E-state index contributed by atoms with van der Waals surface area (Å²) in [4.78, 5) is 23.0. The fourth-order valence-corrected chi connectivity index (χ4v) is 1.48. The normalized spacial score (nSPS) is 10.3. The molecule has 0 spiro atoms. The first-order valence-corrected chi connectivity index (χ1v) is 6.96. The molecule has 0 bridgehead atoms. The lowest BCUT2D eigenvalue weighted by molar-refractivity contribution is -0.127. The van der Waals surface area contributed by atoms with Crippen LogP contribution in [0.4, 0.5) is 0 Å². The average Bonchev–Trinajstić information content (AvgIpc) is 2.49. The maximum atomic E-state index is 11.5. The molecular formula is C15H23N3O3. The highest BCUT2D eigenvalue weighted by atomic mass is 16.5. The molecule has 2 amide bonds. The maximum Gasteiger partial charge on any atom is 0.258 e. The van der Waals surface area contributed by atoms with Crippen molar-refractivity contribution in [1.82, 2.24) is 10.6 Å². The van der Waals surface area contributed by atoms with E-state index in [1.807, 2.05) is 26.0 Å². The van der Waals surface area contributed by atoms with E-state index in [0.717, 1.165) is 5.56 Å². The molecule has 116 valence electrons. The van der Waals surface area contributed by atoms with E-state index in [4.69, 9.17) is 10.5 Å². The summed E-state index contributed by atoms with van der Waals surface area (Å²) in [5.41, 5.74) is 6.48. The van der Waals surface area contributed by atoms with Crippen LogP contribution in [0.5, 0.6) is 5.75 Å². The first-order valence-electron chi connectivity index (χ1n) is 6.96. The van der Waals surface area contributed by atoms with Crippen LogP contribution in [-0.4, -0.2) is 31.5 Å². The zero-order chi connectivity index (χ0) is 15.7. The molecule has 1 aromatic carbocycles. The second-order valence-corrected chi connectivity index (χ2v) is 5.11. The van der Waals surface area contributed by atoms with Crippen molar-refractivity contribution in [2.24, 2.45) is 11.7 Å². The van der Waals surface area contributed by atoms with E-state index >= 15 is 0 Å². The number of benzene rings is 1. The lowest BCUT2D eigenvalue weighted by atomic mass is 10.2. The lowest BCUT2D eigenvalue weighted by Crippen LogP contribution is -2.39. The minimum atomic E-state index is -0.336. The first kappa shape index (κ1) is 17.0. The van der Waals surface area contributed by atoms with Gasteiger partial charge in [0, 0.05) is 13.1 Å². The van der Waals surface area contributed by atoms with Crippen LogP contribution in [0.1, 0.15) is 19.4 Å². The van der Waals surface area contributed by atoms with E-state index in [0.29, 0.717) is 24.8 Å². The van der Waals surface area contributed by atoms with Crippen molar-refractivity contribution in [1.29, 1.82) is 0 Å². The van der Waals surface area contributed by atoms with Gasteiger partial charge < -0.3 is 21.1 Å². The largest absolute Gasteiger partial charge is 0.484 e. The standard InChI is InChI=1S/C15H23N3O3/c1-11(2)8-17-14(19)9-18-15(20)10-21-13-5-3-12(7-16)4-6-13/h3-6,11H,7-10,16H2,1-2H3,(H,17,19)(H,18,20). The predicted molar refractivity (Wildman–Crippen MR) is 80.7 cm³/mol. The Bertz CT molecular complexity index is 458. The summed E-state index contributed by atoms with van der Waals surface area (Å²) in [7, 11) is 0. The topological polar surface area (TPSA) is 93.5 Å². The fourth-order valence-electron chi connectivity index (χ4n) is 1.48. The van der Waals surface area contributed by atoms with Crippen molar-refractivity contribution >= 4 is 11.8 Å². The number of carbonyl (C=O) groups excluding carboxylic acids is 2. The lowest BCUT2D eigenvalue weighted by Gasteiger charge is -2.09. The molecule has 0 radical (unpaired) electrons. The summed E-state index contributed by atoms with van der Waals surface area (Å²) in [5, 5.41) is 5.22. The van der Waals surface area contributed by atoms with E-state index in [1.165, 1.54) is 0 Å². The Hall–Kier alpha value is -2.08. The van der Waals surface area contributed by atoms with Crippen molar-refractivity contribution in [2.75, 3.05) is 19.7 Å². The second kappa shape index (κ2) is 8.97. The van der Waals surface area contributed by atoms with E-state index in [1.54, 1.807) is 12.1 Å². The minimum absolute atomic E-state index is 0.0407. The molecule has 0 aliphatic heterocycles. The van der Waals surface area contributed by atoms with Crippen LogP contribution in [-0.2, 0) is 16.1 Å². The molecule has 21 heavy (non-hydrogen) atoms.